The molecule has 92 valence electrons. The summed E-state index contributed by atoms with van der Waals surface area (Å²) in [5, 5.41) is 4.20. The van der Waals surface area contributed by atoms with Crippen LogP contribution in [0.5, 0.6) is 0 Å². The Balaban J connectivity index is 2.60. The van der Waals surface area contributed by atoms with Crippen LogP contribution in [0, 0.1) is 0 Å². The molecule has 0 aliphatic heterocycles. The van der Waals surface area contributed by atoms with Crippen molar-refractivity contribution in [3.8, 4) is 0 Å². The average Bonchev–Trinajstić information content (AvgIpc) is 2.23. The zero-order chi connectivity index (χ0) is 12.9. The van der Waals surface area contributed by atoms with Crippen LogP contribution in [0.15, 0.2) is 30.3 Å². The molecule has 3 heteroatoms. The summed E-state index contributed by atoms with van der Waals surface area (Å²) in [6, 6.07) is 8.70. The maximum Gasteiger partial charge on any atom is 0.217 e. The lowest BCUT2D eigenvalue weighted by Crippen LogP contribution is -2.37. The van der Waals surface area contributed by atoms with Gasteiger partial charge < -0.3 is 5.32 Å². The first-order chi connectivity index (χ1) is 7.89. The van der Waals surface area contributed by atoms with E-state index in [0.29, 0.717) is 6.54 Å². The summed E-state index contributed by atoms with van der Waals surface area (Å²) in [6.45, 7) is 9.14. The van der Waals surface area contributed by atoms with Crippen LogP contribution in [0.25, 0.3) is 6.08 Å². The summed E-state index contributed by atoms with van der Waals surface area (Å²) in [5.74, 6) is 0.00345. The van der Waals surface area contributed by atoms with Crippen molar-refractivity contribution in [1.82, 2.24) is 5.32 Å². The highest BCUT2D eigenvalue weighted by molar-refractivity contribution is 6.88. The molecule has 1 aromatic rings. The van der Waals surface area contributed by atoms with Crippen molar-refractivity contribution in [3.63, 3.8) is 0 Å². The largest absolute Gasteiger partial charge is 0.353 e. The van der Waals surface area contributed by atoms with Gasteiger partial charge in [-0.1, -0.05) is 61.2 Å². The molecule has 2 nitrogen and oxygen atoms in total. The molecule has 0 aliphatic carbocycles. The van der Waals surface area contributed by atoms with Crippen LogP contribution in [0.2, 0.25) is 19.6 Å². The molecule has 0 saturated heterocycles. The fourth-order valence-corrected chi connectivity index (χ4v) is 2.66. The number of benzene rings is 1. The van der Waals surface area contributed by atoms with Crippen molar-refractivity contribution in [2.24, 2.45) is 0 Å². The van der Waals surface area contributed by atoms with E-state index >= 15 is 0 Å². The number of carbonyl (C=O) groups excluding carboxylic acids is 1. The molecule has 0 spiro atoms. The Morgan fingerprint density at radius 1 is 1.24 bits per heavy atom. The number of hydrogen-bond acceptors (Lipinski definition) is 1. The molecule has 17 heavy (non-hydrogen) atoms. The van der Waals surface area contributed by atoms with Crippen molar-refractivity contribution >= 4 is 25.2 Å². The standard InChI is InChI=1S/C14H21NOSi/c1-12(16)15-11-5-6-13-7-9-14(10-8-13)17(2,3)4/h5-10H,11H2,1-4H3,(H,15,16). The lowest BCUT2D eigenvalue weighted by atomic mass is 10.2. The normalized spacial score (nSPS) is 11.8. The smallest absolute Gasteiger partial charge is 0.217 e. The van der Waals surface area contributed by atoms with Gasteiger partial charge >= 0.3 is 0 Å². The molecule has 1 rings (SSSR count). The third kappa shape index (κ3) is 5.00. The number of nitrogens with one attached hydrogen (secondary N) is 1. The van der Waals surface area contributed by atoms with E-state index < -0.39 is 8.07 Å². The Kier molecular flexibility index (Phi) is 4.69. The fourth-order valence-electron chi connectivity index (χ4n) is 1.49. The van der Waals surface area contributed by atoms with E-state index in [-0.39, 0.29) is 5.91 Å². The quantitative estimate of drug-likeness (QED) is 0.813. The molecule has 0 unspecified atom stereocenters. The Bertz CT molecular complexity index is 401. The zero-order valence-corrected chi connectivity index (χ0v) is 12.1. The van der Waals surface area contributed by atoms with Gasteiger partial charge in [-0.2, -0.15) is 0 Å². The second-order valence-electron chi connectivity index (χ2n) is 5.21. The van der Waals surface area contributed by atoms with Gasteiger partial charge in [0, 0.05) is 13.5 Å². The molecule has 1 amide bonds. The van der Waals surface area contributed by atoms with Gasteiger partial charge in [-0.05, 0) is 5.56 Å². The van der Waals surface area contributed by atoms with Crippen LogP contribution in [0.4, 0.5) is 0 Å². The van der Waals surface area contributed by atoms with Gasteiger partial charge in [0.05, 0.1) is 8.07 Å². The minimum Gasteiger partial charge on any atom is -0.353 e. The van der Waals surface area contributed by atoms with E-state index in [1.54, 1.807) is 0 Å². The number of carbonyl (C=O) groups is 1. The van der Waals surface area contributed by atoms with Crippen molar-refractivity contribution in [2.75, 3.05) is 6.54 Å². The van der Waals surface area contributed by atoms with Gasteiger partial charge in [0.1, 0.15) is 0 Å². The van der Waals surface area contributed by atoms with Crippen molar-refractivity contribution in [2.45, 2.75) is 26.6 Å². The van der Waals surface area contributed by atoms with E-state index in [2.05, 4.69) is 49.2 Å². The summed E-state index contributed by atoms with van der Waals surface area (Å²) in [4.78, 5) is 10.7. The summed E-state index contributed by atoms with van der Waals surface area (Å²) in [7, 11) is -1.19. The van der Waals surface area contributed by atoms with Crippen molar-refractivity contribution in [1.29, 1.82) is 0 Å². The lowest BCUT2D eigenvalue weighted by Gasteiger charge is -2.16. The Labute approximate surface area is 105 Å². The van der Waals surface area contributed by atoms with Crippen molar-refractivity contribution < 1.29 is 4.79 Å². The predicted octanol–water partition coefficient (Wildman–Crippen LogP) is 2.38. The first kappa shape index (κ1) is 13.7. The van der Waals surface area contributed by atoms with Crippen LogP contribution in [0.3, 0.4) is 0 Å². The molecule has 0 aromatic heterocycles. The Hall–Kier alpha value is -1.35. The molecular weight excluding hydrogens is 226 g/mol. The molecular formula is C14H21NOSi. The second kappa shape index (κ2) is 5.82. The molecule has 1 aromatic carbocycles. The Morgan fingerprint density at radius 3 is 2.29 bits per heavy atom. The van der Waals surface area contributed by atoms with Crippen LogP contribution in [-0.4, -0.2) is 20.5 Å². The van der Waals surface area contributed by atoms with E-state index in [1.165, 1.54) is 17.7 Å². The highest BCUT2D eigenvalue weighted by Gasteiger charge is 2.15. The molecule has 1 N–H and O–H groups in total. The minimum atomic E-state index is -1.19. The predicted molar refractivity (Wildman–Crippen MR) is 77.1 cm³/mol. The number of hydrogen-bond donors (Lipinski definition) is 1. The second-order valence-corrected chi connectivity index (χ2v) is 10.3. The molecule has 0 saturated carbocycles. The summed E-state index contributed by atoms with van der Waals surface area (Å²) >= 11 is 0. The third-order valence-electron chi connectivity index (χ3n) is 2.56. The molecule has 0 radical (unpaired) electrons. The van der Waals surface area contributed by atoms with Crippen LogP contribution >= 0.6 is 0 Å². The highest BCUT2D eigenvalue weighted by atomic mass is 28.3. The highest BCUT2D eigenvalue weighted by Crippen LogP contribution is 2.05. The minimum absolute atomic E-state index is 0.00345. The first-order valence-corrected chi connectivity index (χ1v) is 9.41. The van der Waals surface area contributed by atoms with Gasteiger partial charge in [0.15, 0.2) is 0 Å². The average molecular weight is 247 g/mol. The lowest BCUT2D eigenvalue weighted by molar-refractivity contribution is -0.118. The maximum atomic E-state index is 10.7. The fraction of sp³-hybridized carbons (Fsp3) is 0.357. The van der Waals surface area contributed by atoms with Gasteiger partial charge in [-0.3, -0.25) is 4.79 Å². The van der Waals surface area contributed by atoms with Gasteiger partial charge in [-0.25, -0.2) is 0 Å². The van der Waals surface area contributed by atoms with Crippen LogP contribution < -0.4 is 10.5 Å². The van der Waals surface area contributed by atoms with Crippen LogP contribution in [0.1, 0.15) is 12.5 Å². The summed E-state index contributed by atoms with van der Waals surface area (Å²) < 4.78 is 0. The van der Waals surface area contributed by atoms with E-state index in [4.69, 9.17) is 0 Å². The SMILES string of the molecule is CC(=O)NCC=Cc1ccc([Si](C)(C)C)cc1. The van der Waals surface area contributed by atoms with Gasteiger partial charge in [0.25, 0.3) is 0 Å². The van der Waals surface area contributed by atoms with E-state index in [1.807, 2.05) is 12.2 Å². The maximum absolute atomic E-state index is 10.7. The monoisotopic (exact) mass is 247 g/mol. The Morgan fingerprint density at radius 2 is 1.82 bits per heavy atom. The van der Waals surface area contributed by atoms with Crippen molar-refractivity contribution in [3.05, 3.63) is 35.9 Å². The van der Waals surface area contributed by atoms with E-state index in [0.717, 1.165) is 0 Å². The van der Waals surface area contributed by atoms with Crippen LogP contribution in [-0.2, 0) is 4.79 Å². The first-order valence-electron chi connectivity index (χ1n) is 5.91. The number of rotatable bonds is 4. The van der Waals surface area contributed by atoms with Gasteiger partial charge in [-0.15, -0.1) is 0 Å². The van der Waals surface area contributed by atoms with Gasteiger partial charge in [0.2, 0.25) is 5.91 Å². The molecule has 0 bridgehead atoms. The third-order valence-corrected chi connectivity index (χ3v) is 4.62. The topological polar surface area (TPSA) is 29.1 Å². The van der Waals surface area contributed by atoms with E-state index in [9.17, 15) is 4.79 Å². The molecule has 0 atom stereocenters. The summed E-state index contributed by atoms with van der Waals surface area (Å²) in [5.41, 5.74) is 1.18. The number of amides is 1. The molecule has 0 aliphatic rings. The zero-order valence-electron chi connectivity index (χ0n) is 11.1. The summed E-state index contributed by atoms with van der Waals surface area (Å²) in [6.07, 6.45) is 3.99. The molecule has 0 heterocycles. The molecule has 0 fully saturated rings.